The predicted molar refractivity (Wildman–Crippen MR) is 58.3 cm³/mol. The molecule has 0 radical (unpaired) electrons. The summed E-state index contributed by atoms with van der Waals surface area (Å²) in [6, 6.07) is -0.214. The molecule has 0 amide bonds. The van der Waals surface area contributed by atoms with Crippen LogP contribution in [0.1, 0.15) is 26.7 Å². The van der Waals surface area contributed by atoms with E-state index < -0.39 is 6.10 Å². The van der Waals surface area contributed by atoms with Crippen LogP contribution >= 0.6 is 0 Å². The van der Waals surface area contributed by atoms with Crippen molar-refractivity contribution >= 4 is 0 Å². The van der Waals surface area contributed by atoms with Crippen molar-refractivity contribution in [3.8, 4) is 0 Å². The number of hydrogen-bond donors (Lipinski definition) is 4. The Morgan fingerprint density at radius 3 is 2.50 bits per heavy atom. The van der Waals surface area contributed by atoms with E-state index in [4.69, 9.17) is 5.11 Å². The highest BCUT2D eigenvalue weighted by Crippen LogP contribution is 1.92. The molecular weight excluding hydrogens is 180 g/mol. The maximum Gasteiger partial charge on any atom is 0.0839 e. The third kappa shape index (κ3) is 6.32. The number of aliphatic hydroxyl groups excluding tert-OH is 2. The normalized spacial score (nSPS) is 15.4. The minimum atomic E-state index is -0.517. The Morgan fingerprint density at radius 2 is 2.00 bits per heavy atom. The van der Waals surface area contributed by atoms with Gasteiger partial charge in [-0.3, -0.25) is 0 Å². The fourth-order valence-electron chi connectivity index (χ4n) is 1.28. The lowest BCUT2D eigenvalue weighted by Crippen LogP contribution is -2.47. The largest absolute Gasteiger partial charge is 0.395 e. The van der Waals surface area contributed by atoms with Gasteiger partial charge in [0.15, 0.2) is 0 Å². The highest BCUT2D eigenvalue weighted by atomic mass is 16.3. The van der Waals surface area contributed by atoms with E-state index in [0.29, 0.717) is 6.54 Å². The number of unbranched alkanes of at least 4 members (excludes halogenated alkanes) is 1. The summed E-state index contributed by atoms with van der Waals surface area (Å²) in [6.07, 6.45) is 1.76. The van der Waals surface area contributed by atoms with Crippen LogP contribution in [0.4, 0.5) is 0 Å². The standard InChI is InChI=1S/C10H24N2O2/c1-3-5-6-11-7-10(14)9(8-13)12-4-2/h9-14H,3-8H2,1-2H3. The summed E-state index contributed by atoms with van der Waals surface area (Å²) in [5.74, 6) is 0. The molecule has 0 aliphatic rings. The van der Waals surface area contributed by atoms with Crippen LogP contribution in [0.2, 0.25) is 0 Å². The highest BCUT2D eigenvalue weighted by Gasteiger charge is 2.15. The summed E-state index contributed by atoms with van der Waals surface area (Å²) in [4.78, 5) is 0. The summed E-state index contributed by atoms with van der Waals surface area (Å²) >= 11 is 0. The summed E-state index contributed by atoms with van der Waals surface area (Å²) in [6.45, 7) is 6.30. The lowest BCUT2D eigenvalue weighted by atomic mass is 10.1. The fraction of sp³-hybridized carbons (Fsp3) is 1.00. The van der Waals surface area contributed by atoms with Gasteiger partial charge >= 0.3 is 0 Å². The molecule has 0 spiro atoms. The Balaban J connectivity index is 3.52. The zero-order valence-corrected chi connectivity index (χ0v) is 9.29. The molecule has 0 bridgehead atoms. The third-order valence-corrected chi connectivity index (χ3v) is 2.19. The first kappa shape index (κ1) is 13.8. The topological polar surface area (TPSA) is 64.5 Å². The van der Waals surface area contributed by atoms with Crippen LogP contribution in [-0.4, -0.2) is 48.6 Å². The van der Waals surface area contributed by atoms with Crippen molar-refractivity contribution in [3.63, 3.8) is 0 Å². The average molecular weight is 204 g/mol. The molecule has 0 fully saturated rings. The van der Waals surface area contributed by atoms with Gasteiger partial charge in [-0.05, 0) is 19.5 Å². The molecular formula is C10H24N2O2. The van der Waals surface area contributed by atoms with E-state index in [1.54, 1.807) is 0 Å². The van der Waals surface area contributed by atoms with E-state index in [0.717, 1.165) is 25.9 Å². The van der Waals surface area contributed by atoms with Gasteiger partial charge < -0.3 is 20.8 Å². The second-order valence-corrected chi connectivity index (χ2v) is 3.47. The predicted octanol–water partition coefficient (Wildman–Crippen LogP) is -0.293. The minimum Gasteiger partial charge on any atom is -0.395 e. The lowest BCUT2D eigenvalue weighted by molar-refractivity contribution is 0.0903. The molecule has 86 valence electrons. The first-order valence-electron chi connectivity index (χ1n) is 5.49. The lowest BCUT2D eigenvalue weighted by Gasteiger charge is -2.21. The van der Waals surface area contributed by atoms with E-state index in [2.05, 4.69) is 17.6 Å². The molecule has 0 aromatic heterocycles. The number of nitrogens with one attached hydrogen (secondary N) is 2. The Kier molecular flexibility index (Phi) is 9.29. The second kappa shape index (κ2) is 9.40. The van der Waals surface area contributed by atoms with E-state index in [1.807, 2.05) is 6.92 Å². The Bertz CT molecular complexity index is 123. The SMILES string of the molecule is CCCCNCC(O)C(CO)NCC. The zero-order chi connectivity index (χ0) is 10.8. The molecule has 0 rings (SSSR count). The summed E-state index contributed by atoms with van der Waals surface area (Å²) in [7, 11) is 0. The quantitative estimate of drug-likeness (QED) is 0.390. The van der Waals surface area contributed by atoms with Crippen LogP contribution in [0.5, 0.6) is 0 Å². The van der Waals surface area contributed by atoms with Gasteiger partial charge in [-0.1, -0.05) is 20.3 Å². The molecule has 0 aromatic carbocycles. The third-order valence-electron chi connectivity index (χ3n) is 2.19. The van der Waals surface area contributed by atoms with Gasteiger partial charge in [0.25, 0.3) is 0 Å². The van der Waals surface area contributed by atoms with Gasteiger partial charge in [0.05, 0.1) is 18.8 Å². The Morgan fingerprint density at radius 1 is 1.29 bits per heavy atom. The minimum absolute atomic E-state index is 0.0233. The van der Waals surface area contributed by atoms with Gasteiger partial charge in [-0.25, -0.2) is 0 Å². The maximum atomic E-state index is 9.65. The van der Waals surface area contributed by atoms with Gasteiger partial charge in [-0.15, -0.1) is 0 Å². The number of likely N-dealkylation sites (N-methyl/N-ethyl adjacent to an activating group) is 1. The first-order chi connectivity index (χ1) is 6.76. The van der Waals surface area contributed by atoms with E-state index >= 15 is 0 Å². The Labute approximate surface area is 86.7 Å². The molecule has 0 aromatic rings. The van der Waals surface area contributed by atoms with Crippen molar-refractivity contribution in [1.29, 1.82) is 0 Å². The van der Waals surface area contributed by atoms with Crippen molar-refractivity contribution in [2.45, 2.75) is 38.8 Å². The molecule has 4 N–H and O–H groups in total. The van der Waals surface area contributed by atoms with Gasteiger partial charge in [-0.2, -0.15) is 0 Å². The second-order valence-electron chi connectivity index (χ2n) is 3.47. The summed E-state index contributed by atoms with van der Waals surface area (Å²) in [5.41, 5.74) is 0. The summed E-state index contributed by atoms with van der Waals surface area (Å²) < 4.78 is 0. The molecule has 0 aliphatic heterocycles. The summed E-state index contributed by atoms with van der Waals surface area (Å²) in [5, 5.41) is 24.8. The zero-order valence-electron chi connectivity index (χ0n) is 9.29. The smallest absolute Gasteiger partial charge is 0.0839 e. The van der Waals surface area contributed by atoms with Crippen LogP contribution in [0.25, 0.3) is 0 Å². The maximum absolute atomic E-state index is 9.65. The molecule has 0 saturated carbocycles. The molecule has 2 atom stereocenters. The van der Waals surface area contributed by atoms with Gasteiger partial charge in [0.1, 0.15) is 0 Å². The number of aliphatic hydroxyl groups is 2. The van der Waals surface area contributed by atoms with Gasteiger partial charge in [0.2, 0.25) is 0 Å². The van der Waals surface area contributed by atoms with Gasteiger partial charge in [0, 0.05) is 6.54 Å². The first-order valence-corrected chi connectivity index (χ1v) is 5.49. The molecule has 0 aliphatic carbocycles. The molecule has 4 heteroatoms. The molecule has 0 saturated heterocycles. The molecule has 2 unspecified atom stereocenters. The van der Waals surface area contributed by atoms with Crippen LogP contribution in [0.3, 0.4) is 0 Å². The van der Waals surface area contributed by atoms with E-state index in [9.17, 15) is 5.11 Å². The van der Waals surface area contributed by atoms with E-state index in [1.165, 1.54) is 0 Å². The van der Waals surface area contributed by atoms with Crippen LogP contribution < -0.4 is 10.6 Å². The monoisotopic (exact) mass is 204 g/mol. The van der Waals surface area contributed by atoms with Crippen molar-refractivity contribution in [2.24, 2.45) is 0 Å². The molecule has 0 heterocycles. The van der Waals surface area contributed by atoms with Crippen LogP contribution in [0.15, 0.2) is 0 Å². The highest BCUT2D eigenvalue weighted by molar-refractivity contribution is 4.76. The average Bonchev–Trinajstić information content (AvgIpc) is 2.20. The Hall–Kier alpha value is -0.160. The fourth-order valence-corrected chi connectivity index (χ4v) is 1.28. The van der Waals surface area contributed by atoms with E-state index in [-0.39, 0.29) is 12.6 Å². The molecule has 14 heavy (non-hydrogen) atoms. The van der Waals surface area contributed by atoms with Crippen molar-refractivity contribution in [1.82, 2.24) is 10.6 Å². The van der Waals surface area contributed by atoms with Crippen LogP contribution in [0, 0.1) is 0 Å². The number of hydrogen-bond acceptors (Lipinski definition) is 4. The van der Waals surface area contributed by atoms with Crippen molar-refractivity contribution in [3.05, 3.63) is 0 Å². The van der Waals surface area contributed by atoms with Crippen molar-refractivity contribution < 1.29 is 10.2 Å². The van der Waals surface area contributed by atoms with Crippen molar-refractivity contribution in [2.75, 3.05) is 26.2 Å². The van der Waals surface area contributed by atoms with Crippen LogP contribution in [-0.2, 0) is 0 Å². The number of rotatable bonds is 9. The molecule has 4 nitrogen and oxygen atoms in total.